The second-order valence-corrected chi connectivity index (χ2v) is 13.4. The number of nitrogens with zero attached hydrogens (tertiary/aromatic N) is 2. The minimum absolute atomic E-state index is 0.0776. The first kappa shape index (κ1) is 20.8. The molecule has 1 aromatic heterocycles. The van der Waals surface area contributed by atoms with Gasteiger partial charge in [0.15, 0.2) is 19.7 Å². The van der Waals surface area contributed by atoms with E-state index >= 15 is 0 Å². The van der Waals surface area contributed by atoms with Crippen molar-refractivity contribution in [2.24, 2.45) is 0 Å². The lowest BCUT2D eigenvalue weighted by Gasteiger charge is -2.40. The fourth-order valence-corrected chi connectivity index (χ4v) is 10.4. The number of hydrogen-bond acceptors (Lipinski definition) is 7. The van der Waals surface area contributed by atoms with Gasteiger partial charge >= 0.3 is 0 Å². The predicted octanol–water partition coefficient (Wildman–Crippen LogP) is 2.13. The number of aryl methyl sites for hydroxylation is 1. The van der Waals surface area contributed by atoms with Crippen LogP contribution in [0.2, 0.25) is 0 Å². The maximum absolute atomic E-state index is 13.1. The van der Waals surface area contributed by atoms with Crippen LogP contribution >= 0.6 is 11.3 Å². The van der Waals surface area contributed by atoms with Gasteiger partial charge in [0.25, 0.3) is 0 Å². The van der Waals surface area contributed by atoms with Crippen molar-refractivity contribution < 1.29 is 16.8 Å². The molecule has 6 nitrogen and oxygen atoms in total. The van der Waals surface area contributed by atoms with E-state index in [1.54, 1.807) is 17.5 Å². The Kier molecular flexibility index (Phi) is 5.52. The summed E-state index contributed by atoms with van der Waals surface area (Å²) in [5.41, 5.74) is 3.70. The van der Waals surface area contributed by atoms with Crippen LogP contribution in [-0.2, 0) is 19.7 Å². The van der Waals surface area contributed by atoms with Crippen molar-refractivity contribution >= 4 is 36.7 Å². The van der Waals surface area contributed by atoms with Gasteiger partial charge in [0.2, 0.25) is 0 Å². The van der Waals surface area contributed by atoms with Gasteiger partial charge in [-0.3, -0.25) is 4.90 Å². The van der Waals surface area contributed by atoms with Crippen molar-refractivity contribution in [3.8, 4) is 0 Å². The van der Waals surface area contributed by atoms with Gasteiger partial charge in [-0.05, 0) is 42.5 Å². The normalized spacial score (nSPS) is 25.4. The highest BCUT2D eigenvalue weighted by atomic mass is 32.2. The first-order valence-corrected chi connectivity index (χ1v) is 14.0. The summed E-state index contributed by atoms with van der Waals surface area (Å²) in [6.45, 7) is 7.04. The molecule has 0 unspecified atom stereocenters. The van der Waals surface area contributed by atoms with Gasteiger partial charge in [-0.15, -0.1) is 11.3 Å². The van der Waals surface area contributed by atoms with Crippen LogP contribution in [-0.4, -0.2) is 70.7 Å². The average molecular weight is 455 g/mol. The van der Waals surface area contributed by atoms with Gasteiger partial charge in [0.05, 0.1) is 16.8 Å². The Labute approximate surface area is 177 Å². The molecule has 29 heavy (non-hydrogen) atoms. The summed E-state index contributed by atoms with van der Waals surface area (Å²) >= 11 is 1.16. The molecule has 0 saturated carbocycles. The summed E-state index contributed by atoms with van der Waals surface area (Å²) in [6, 6.07) is 9.05. The zero-order chi connectivity index (χ0) is 20.8. The largest absolute Gasteiger partial charge is 0.369 e. The van der Waals surface area contributed by atoms with E-state index < -0.39 is 31.0 Å². The molecule has 0 radical (unpaired) electrons. The van der Waals surface area contributed by atoms with Crippen LogP contribution in [0.15, 0.2) is 39.9 Å². The zero-order valence-electron chi connectivity index (χ0n) is 16.6. The molecule has 1 aromatic carbocycles. The van der Waals surface area contributed by atoms with Gasteiger partial charge in [0, 0.05) is 37.9 Å². The van der Waals surface area contributed by atoms with Crippen LogP contribution in [0.4, 0.5) is 5.69 Å². The smallest absolute Gasteiger partial charge is 0.193 e. The molecule has 2 fully saturated rings. The van der Waals surface area contributed by atoms with Crippen molar-refractivity contribution in [2.75, 3.05) is 42.6 Å². The highest BCUT2D eigenvalue weighted by molar-refractivity contribution is 7.97. The highest BCUT2D eigenvalue weighted by Gasteiger charge is 2.48. The van der Waals surface area contributed by atoms with Crippen LogP contribution < -0.4 is 4.90 Å². The van der Waals surface area contributed by atoms with Crippen molar-refractivity contribution in [3.63, 3.8) is 0 Å². The highest BCUT2D eigenvalue weighted by Crippen LogP contribution is 2.32. The molecule has 3 heterocycles. The molecule has 4 rings (SSSR count). The second-order valence-electron chi connectivity index (χ2n) is 7.90. The fourth-order valence-electron chi connectivity index (χ4n) is 4.38. The van der Waals surface area contributed by atoms with E-state index in [9.17, 15) is 16.8 Å². The lowest BCUT2D eigenvalue weighted by molar-refractivity contribution is 0.201. The van der Waals surface area contributed by atoms with E-state index in [2.05, 4.69) is 41.8 Å². The Morgan fingerprint density at radius 3 is 2.38 bits per heavy atom. The van der Waals surface area contributed by atoms with Gasteiger partial charge < -0.3 is 4.90 Å². The van der Waals surface area contributed by atoms with Gasteiger partial charge in [-0.1, -0.05) is 18.2 Å². The van der Waals surface area contributed by atoms with Crippen molar-refractivity contribution in [1.29, 1.82) is 0 Å². The van der Waals surface area contributed by atoms with E-state index in [-0.39, 0.29) is 15.7 Å². The number of sulfone groups is 2. The number of rotatable bonds is 4. The number of hydrogen-bond donors (Lipinski definition) is 0. The van der Waals surface area contributed by atoms with Crippen LogP contribution in [0.1, 0.15) is 11.1 Å². The molecular weight excluding hydrogens is 428 g/mol. The third kappa shape index (κ3) is 3.97. The summed E-state index contributed by atoms with van der Waals surface area (Å²) in [6.07, 6.45) is 0. The minimum Gasteiger partial charge on any atom is -0.369 e. The van der Waals surface area contributed by atoms with Gasteiger partial charge in [0.1, 0.15) is 4.21 Å². The first-order chi connectivity index (χ1) is 13.7. The van der Waals surface area contributed by atoms with Gasteiger partial charge in [-0.2, -0.15) is 0 Å². The van der Waals surface area contributed by atoms with E-state index in [0.29, 0.717) is 13.1 Å². The number of thiophene rings is 1. The molecule has 158 valence electrons. The molecule has 2 aromatic rings. The van der Waals surface area contributed by atoms with Crippen molar-refractivity contribution in [3.05, 3.63) is 46.8 Å². The minimum atomic E-state index is -3.66. The van der Waals surface area contributed by atoms with Crippen molar-refractivity contribution in [2.45, 2.75) is 29.3 Å². The second kappa shape index (κ2) is 7.68. The Morgan fingerprint density at radius 1 is 1.00 bits per heavy atom. The Bertz CT molecular complexity index is 1090. The topological polar surface area (TPSA) is 74.8 Å². The van der Waals surface area contributed by atoms with Crippen LogP contribution in [0, 0.1) is 13.8 Å². The molecule has 2 saturated heterocycles. The third-order valence-corrected chi connectivity index (χ3v) is 11.7. The molecule has 2 aliphatic rings. The van der Waals surface area contributed by atoms with Crippen LogP contribution in [0.3, 0.4) is 0 Å². The Balaban J connectivity index is 1.54. The maximum atomic E-state index is 13.1. The molecular formula is C20H26N2O4S3. The van der Waals surface area contributed by atoms with E-state index in [1.165, 1.54) is 16.8 Å². The van der Waals surface area contributed by atoms with Crippen LogP contribution in [0.5, 0.6) is 0 Å². The average Bonchev–Trinajstić information content (AvgIpc) is 3.33. The fraction of sp³-hybridized carbons (Fsp3) is 0.500. The third-order valence-electron chi connectivity index (χ3n) is 6.15. The van der Waals surface area contributed by atoms with Crippen LogP contribution in [0.25, 0.3) is 0 Å². The summed E-state index contributed by atoms with van der Waals surface area (Å²) in [7, 11) is -7.03. The monoisotopic (exact) mass is 454 g/mol. The summed E-state index contributed by atoms with van der Waals surface area (Å²) in [5.74, 6) is -0.360. The summed E-state index contributed by atoms with van der Waals surface area (Å²) in [4.78, 5) is 4.38. The molecule has 2 aliphatic heterocycles. The lowest BCUT2D eigenvalue weighted by Crippen LogP contribution is -2.55. The Hall–Kier alpha value is -1.42. The predicted molar refractivity (Wildman–Crippen MR) is 117 cm³/mol. The molecule has 0 amide bonds. The Morgan fingerprint density at radius 2 is 1.72 bits per heavy atom. The molecule has 0 N–H and O–H groups in total. The summed E-state index contributed by atoms with van der Waals surface area (Å²) < 4.78 is 51.2. The number of piperazine rings is 1. The van der Waals surface area contributed by atoms with Gasteiger partial charge in [-0.25, -0.2) is 16.8 Å². The van der Waals surface area contributed by atoms with E-state index in [1.807, 2.05) is 0 Å². The molecule has 9 heteroatoms. The molecule has 0 aliphatic carbocycles. The summed E-state index contributed by atoms with van der Waals surface area (Å²) in [5, 5.41) is 0.826. The number of benzene rings is 1. The van der Waals surface area contributed by atoms with E-state index in [0.717, 1.165) is 24.4 Å². The SMILES string of the molecule is Cc1cccc(N2CCN([C@@H]3CS(=O)(=O)C[C@H]3S(=O)(=O)c3cccs3)CC2)c1C. The quantitative estimate of drug-likeness (QED) is 0.705. The zero-order valence-corrected chi connectivity index (χ0v) is 19.1. The molecule has 0 bridgehead atoms. The first-order valence-electron chi connectivity index (χ1n) is 9.72. The lowest BCUT2D eigenvalue weighted by atomic mass is 10.1. The standard InChI is InChI=1S/C20H26N2O4S3/c1-15-5-3-6-17(16(15)2)21-8-10-22(11-9-21)18-13-28(23,24)14-19(18)29(25,26)20-7-4-12-27-20/h3-7,12,18-19H,8-11,13-14H2,1-2H3/t18-,19-/m1/s1. The molecule has 0 spiro atoms. The van der Waals surface area contributed by atoms with E-state index in [4.69, 9.17) is 0 Å². The van der Waals surface area contributed by atoms with Crippen molar-refractivity contribution in [1.82, 2.24) is 4.90 Å². The number of anilines is 1. The maximum Gasteiger partial charge on any atom is 0.193 e. The molecule has 2 atom stereocenters.